The minimum atomic E-state index is 0.264. The Labute approximate surface area is 110 Å². The van der Waals surface area contributed by atoms with Crippen LogP contribution in [0.4, 0.5) is 5.69 Å². The van der Waals surface area contributed by atoms with Gasteiger partial charge in [0.05, 0.1) is 6.10 Å². The first-order valence-electron chi connectivity index (χ1n) is 6.96. The van der Waals surface area contributed by atoms with Crippen molar-refractivity contribution in [3.8, 4) is 5.75 Å². The maximum Gasteiger partial charge on any atom is 0.121 e. The molecule has 1 aromatic rings. The van der Waals surface area contributed by atoms with Crippen molar-refractivity contribution < 1.29 is 4.74 Å². The smallest absolute Gasteiger partial charge is 0.121 e. The van der Waals surface area contributed by atoms with Gasteiger partial charge in [0.2, 0.25) is 0 Å². The predicted octanol–water partition coefficient (Wildman–Crippen LogP) is 3.16. The normalized spacial score (nSPS) is 24.8. The lowest BCUT2D eigenvalue weighted by atomic mass is 10.2. The van der Waals surface area contributed by atoms with Gasteiger partial charge in [-0.2, -0.15) is 0 Å². The molecule has 0 spiro atoms. The fraction of sp³-hybridized carbons (Fsp3) is 0.600. The first kappa shape index (κ1) is 13.2. The van der Waals surface area contributed by atoms with E-state index in [1.54, 1.807) is 0 Å². The molecule has 0 heterocycles. The molecule has 0 saturated heterocycles. The Balaban J connectivity index is 1.94. The zero-order valence-corrected chi connectivity index (χ0v) is 11.4. The van der Waals surface area contributed by atoms with Crippen LogP contribution < -0.4 is 15.8 Å². The SMILES string of the molecule is CCC(C)Oc1cccc(NC2CCC(N)C2)c1. The minimum Gasteiger partial charge on any atom is -0.491 e. The lowest BCUT2D eigenvalue weighted by Crippen LogP contribution is -2.20. The standard InChI is InChI=1S/C15H24N2O/c1-3-11(2)18-15-6-4-5-13(10-15)17-14-8-7-12(16)9-14/h4-6,10-12,14,17H,3,7-9,16H2,1-2H3. The van der Waals surface area contributed by atoms with Crippen molar-refractivity contribution in [2.24, 2.45) is 5.73 Å². The summed E-state index contributed by atoms with van der Waals surface area (Å²) in [5.41, 5.74) is 7.06. The molecule has 3 nitrogen and oxygen atoms in total. The van der Waals surface area contributed by atoms with Gasteiger partial charge in [0.15, 0.2) is 0 Å². The van der Waals surface area contributed by atoms with Crippen LogP contribution in [-0.4, -0.2) is 18.2 Å². The lowest BCUT2D eigenvalue weighted by Gasteiger charge is -2.16. The minimum absolute atomic E-state index is 0.264. The van der Waals surface area contributed by atoms with Crippen molar-refractivity contribution in [2.75, 3.05) is 5.32 Å². The van der Waals surface area contributed by atoms with Crippen LogP contribution in [0.25, 0.3) is 0 Å². The molecule has 3 N–H and O–H groups in total. The Morgan fingerprint density at radius 2 is 2.28 bits per heavy atom. The average Bonchev–Trinajstić information content (AvgIpc) is 2.75. The third-order valence-electron chi connectivity index (χ3n) is 3.59. The van der Waals surface area contributed by atoms with Crippen molar-refractivity contribution in [2.45, 2.75) is 57.7 Å². The van der Waals surface area contributed by atoms with E-state index in [-0.39, 0.29) is 6.10 Å². The van der Waals surface area contributed by atoms with Gasteiger partial charge in [-0.15, -0.1) is 0 Å². The Morgan fingerprint density at radius 1 is 1.44 bits per heavy atom. The zero-order valence-electron chi connectivity index (χ0n) is 11.4. The molecule has 0 aliphatic heterocycles. The van der Waals surface area contributed by atoms with Crippen LogP contribution in [0.5, 0.6) is 5.75 Å². The lowest BCUT2D eigenvalue weighted by molar-refractivity contribution is 0.217. The van der Waals surface area contributed by atoms with Crippen LogP contribution in [0, 0.1) is 0 Å². The van der Waals surface area contributed by atoms with E-state index in [1.807, 2.05) is 12.1 Å². The molecule has 2 rings (SSSR count). The van der Waals surface area contributed by atoms with E-state index in [4.69, 9.17) is 10.5 Å². The van der Waals surface area contributed by atoms with E-state index in [9.17, 15) is 0 Å². The summed E-state index contributed by atoms with van der Waals surface area (Å²) in [7, 11) is 0. The average molecular weight is 248 g/mol. The van der Waals surface area contributed by atoms with E-state index < -0.39 is 0 Å². The van der Waals surface area contributed by atoms with Gasteiger partial charge in [-0.05, 0) is 44.7 Å². The van der Waals surface area contributed by atoms with Crippen molar-refractivity contribution in [1.29, 1.82) is 0 Å². The number of ether oxygens (including phenoxy) is 1. The molecule has 1 saturated carbocycles. The summed E-state index contributed by atoms with van der Waals surface area (Å²) in [6.45, 7) is 4.22. The Bertz CT molecular complexity index is 381. The summed E-state index contributed by atoms with van der Waals surface area (Å²) >= 11 is 0. The Morgan fingerprint density at radius 3 is 2.94 bits per heavy atom. The maximum atomic E-state index is 5.93. The Kier molecular flexibility index (Phi) is 4.48. The molecule has 18 heavy (non-hydrogen) atoms. The largest absolute Gasteiger partial charge is 0.491 e. The van der Waals surface area contributed by atoms with E-state index >= 15 is 0 Å². The number of rotatable bonds is 5. The highest BCUT2D eigenvalue weighted by molar-refractivity contribution is 5.49. The summed E-state index contributed by atoms with van der Waals surface area (Å²) in [5.74, 6) is 0.941. The summed E-state index contributed by atoms with van der Waals surface area (Å²) in [6, 6.07) is 9.09. The molecule has 0 aromatic heterocycles. The third kappa shape index (κ3) is 3.64. The first-order valence-corrected chi connectivity index (χ1v) is 6.96. The first-order chi connectivity index (χ1) is 8.67. The van der Waals surface area contributed by atoms with Crippen LogP contribution in [0.2, 0.25) is 0 Å². The second-order valence-corrected chi connectivity index (χ2v) is 5.28. The summed E-state index contributed by atoms with van der Waals surface area (Å²) in [6.07, 6.45) is 4.64. The molecule has 3 unspecified atom stereocenters. The second-order valence-electron chi connectivity index (χ2n) is 5.28. The maximum absolute atomic E-state index is 5.93. The molecular weight excluding hydrogens is 224 g/mol. The monoisotopic (exact) mass is 248 g/mol. The molecular formula is C15H24N2O. The van der Waals surface area contributed by atoms with Gasteiger partial charge in [-0.25, -0.2) is 0 Å². The van der Waals surface area contributed by atoms with Crippen molar-refractivity contribution in [1.82, 2.24) is 0 Å². The van der Waals surface area contributed by atoms with Crippen LogP contribution >= 0.6 is 0 Å². The van der Waals surface area contributed by atoms with Crippen LogP contribution in [0.1, 0.15) is 39.5 Å². The molecule has 3 heteroatoms. The summed E-state index contributed by atoms with van der Waals surface area (Å²) in [4.78, 5) is 0. The highest BCUT2D eigenvalue weighted by Crippen LogP contribution is 2.24. The van der Waals surface area contributed by atoms with Crippen LogP contribution in [-0.2, 0) is 0 Å². The van der Waals surface area contributed by atoms with E-state index in [2.05, 4.69) is 31.3 Å². The fourth-order valence-electron chi connectivity index (χ4n) is 2.36. The molecule has 3 atom stereocenters. The molecule has 0 amide bonds. The molecule has 1 aromatic carbocycles. The second kappa shape index (κ2) is 6.10. The molecule has 1 aliphatic carbocycles. The number of nitrogens with one attached hydrogen (secondary N) is 1. The van der Waals surface area contributed by atoms with Gasteiger partial charge >= 0.3 is 0 Å². The highest BCUT2D eigenvalue weighted by atomic mass is 16.5. The van der Waals surface area contributed by atoms with Crippen molar-refractivity contribution in [3.05, 3.63) is 24.3 Å². The summed E-state index contributed by atoms with van der Waals surface area (Å²) in [5, 5.41) is 3.54. The van der Waals surface area contributed by atoms with Gasteiger partial charge in [0, 0.05) is 23.8 Å². The van der Waals surface area contributed by atoms with Crippen molar-refractivity contribution in [3.63, 3.8) is 0 Å². The van der Waals surface area contributed by atoms with Gasteiger partial charge < -0.3 is 15.8 Å². The van der Waals surface area contributed by atoms with E-state index in [0.29, 0.717) is 12.1 Å². The van der Waals surface area contributed by atoms with E-state index in [1.165, 1.54) is 0 Å². The molecule has 1 aliphatic rings. The van der Waals surface area contributed by atoms with Crippen LogP contribution in [0.3, 0.4) is 0 Å². The molecule has 0 radical (unpaired) electrons. The van der Waals surface area contributed by atoms with Gasteiger partial charge in [0.25, 0.3) is 0 Å². The third-order valence-corrected chi connectivity index (χ3v) is 3.59. The molecule has 1 fully saturated rings. The zero-order chi connectivity index (χ0) is 13.0. The van der Waals surface area contributed by atoms with Gasteiger partial charge in [-0.1, -0.05) is 13.0 Å². The quantitative estimate of drug-likeness (QED) is 0.841. The summed E-state index contributed by atoms with van der Waals surface area (Å²) < 4.78 is 5.83. The number of hydrogen-bond donors (Lipinski definition) is 2. The number of anilines is 1. The number of benzene rings is 1. The topological polar surface area (TPSA) is 47.3 Å². The molecule has 0 bridgehead atoms. The number of nitrogens with two attached hydrogens (primary N) is 1. The predicted molar refractivity (Wildman–Crippen MR) is 76.1 cm³/mol. The Hall–Kier alpha value is -1.22. The highest BCUT2D eigenvalue weighted by Gasteiger charge is 2.21. The fourth-order valence-corrected chi connectivity index (χ4v) is 2.36. The van der Waals surface area contributed by atoms with Crippen molar-refractivity contribution >= 4 is 5.69 Å². The van der Waals surface area contributed by atoms with Crippen LogP contribution in [0.15, 0.2) is 24.3 Å². The van der Waals surface area contributed by atoms with Gasteiger partial charge in [-0.3, -0.25) is 0 Å². The van der Waals surface area contributed by atoms with E-state index in [0.717, 1.165) is 37.1 Å². The number of hydrogen-bond acceptors (Lipinski definition) is 3. The van der Waals surface area contributed by atoms with Gasteiger partial charge in [0.1, 0.15) is 5.75 Å². The molecule has 100 valence electrons.